The zero-order valence-corrected chi connectivity index (χ0v) is 18.6. The van der Waals surface area contributed by atoms with Crippen LogP contribution in [0, 0.1) is 0 Å². The van der Waals surface area contributed by atoms with Crippen LogP contribution >= 0.6 is 0 Å². The Kier molecular flexibility index (Phi) is 18.3. The van der Waals surface area contributed by atoms with E-state index in [1.54, 1.807) is 0 Å². The molecule has 0 heterocycles. The van der Waals surface area contributed by atoms with Crippen molar-refractivity contribution in [3.63, 3.8) is 0 Å². The van der Waals surface area contributed by atoms with Gasteiger partial charge in [-0.05, 0) is 54.3 Å². The number of rotatable bonds is 14. The SMILES string of the molecule is CCO[Si](C)(CCN)OCC.CCO[Si](CCN)(OCC)OCC. The molecule has 0 radical (unpaired) electrons. The van der Waals surface area contributed by atoms with Gasteiger partial charge in [-0.1, -0.05) is 0 Å². The van der Waals surface area contributed by atoms with Crippen LogP contribution < -0.4 is 11.5 Å². The van der Waals surface area contributed by atoms with Gasteiger partial charge in [-0.2, -0.15) is 0 Å². The predicted octanol–water partition coefficient (Wildman–Crippen LogP) is 2.08. The molecule has 0 fully saturated rings. The van der Waals surface area contributed by atoms with Crippen molar-refractivity contribution in [2.45, 2.75) is 53.3 Å². The molecule has 9 heteroatoms. The number of hydrogen-bond acceptors (Lipinski definition) is 7. The molecule has 4 N–H and O–H groups in total. The second kappa shape index (κ2) is 16.6. The fourth-order valence-electron chi connectivity index (χ4n) is 2.24. The van der Waals surface area contributed by atoms with E-state index in [4.69, 9.17) is 33.6 Å². The largest absolute Gasteiger partial charge is 0.502 e. The maximum absolute atomic E-state index is 5.57. The Morgan fingerprint density at radius 3 is 1.17 bits per heavy atom. The molecule has 0 amide bonds. The Morgan fingerprint density at radius 1 is 0.583 bits per heavy atom. The molecule has 0 aromatic carbocycles. The van der Waals surface area contributed by atoms with E-state index in [0.717, 1.165) is 19.3 Å². The molecule has 24 heavy (non-hydrogen) atoms. The number of nitrogens with two attached hydrogens (primary N) is 2. The first-order valence-corrected chi connectivity index (χ1v) is 13.5. The van der Waals surface area contributed by atoms with Crippen molar-refractivity contribution in [1.29, 1.82) is 0 Å². The quantitative estimate of drug-likeness (QED) is 0.442. The highest BCUT2D eigenvalue weighted by Crippen LogP contribution is 2.14. The Morgan fingerprint density at radius 2 is 0.917 bits per heavy atom. The maximum atomic E-state index is 5.57. The van der Waals surface area contributed by atoms with Crippen molar-refractivity contribution in [3.05, 3.63) is 0 Å². The maximum Gasteiger partial charge on any atom is 0.502 e. The first-order valence-electron chi connectivity index (χ1n) is 9.02. The third kappa shape index (κ3) is 12.5. The van der Waals surface area contributed by atoms with E-state index in [1.165, 1.54) is 0 Å². The minimum atomic E-state index is -2.42. The molecular formula is C15H40N2O5Si2. The average molecular weight is 385 g/mol. The highest BCUT2D eigenvalue weighted by Gasteiger charge is 2.39. The molecule has 0 aliphatic carbocycles. The van der Waals surface area contributed by atoms with Crippen LogP contribution in [0.25, 0.3) is 0 Å². The van der Waals surface area contributed by atoms with Crippen molar-refractivity contribution >= 4 is 17.4 Å². The second-order valence-electron chi connectivity index (χ2n) is 5.06. The van der Waals surface area contributed by atoms with Crippen LogP contribution in [0.5, 0.6) is 0 Å². The lowest BCUT2D eigenvalue weighted by Crippen LogP contribution is -2.47. The summed E-state index contributed by atoms with van der Waals surface area (Å²) >= 11 is 0. The van der Waals surface area contributed by atoms with E-state index in [9.17, 15) is 0 Å². The van der Waals surface area contributed by atoms with Crippen molar-refractivity contribution < 1.29 is 22.1 Å². The van der Waals surface area contributed by atoms with E-state index in [1.807, 2.05) is 34.6 Å². The lowest BCUT2D eigenvalue weighted by molar-refractivity contribution is 0.0719. The average Bonchev–Trinajstić information content (AvgIpc) is 2.49. The molecule has 148 valence electrons. The van der Waals surface area contributed by atoms with E-state index in [-0.39, 0.29) is 0 Å². The predicted molar refractivity (Wildman–Crippen MR) is 103 cm³/mol. The van der Waals surface area contributed by atoms with Crippen LogP contribution in [-0.2, 0) is 22.1 Å². The molecule has 0 saturated carbocycles. The zero-order valence-electron chi connectivity index (χ0n) is 16.6. The topological polar surface area (TPSA) is 98.2 Å². The van der Waals surface area contributed by atoms with Gasteiger partial charge >= 0.3 is 17.4 Å². The van der Waals surface area contributed by atoms with Gasteiger partial charge in [-0.15, -0.1) is 0 Å². The molecule has 0 spiro atoms. The van der Waals surface area contributed by atoms with E-state index >= 15 is 0 Å². The Labute approximate surface area is 150 Å². The fraction of sp³-hybridized carbons (Fsp3) is 1.00. The molecule has 0 atom stereocenters. The first-order chi connectivity index (χ1) is 11.4. The fourth-order valence-corrected chi connectivity index (χ4v) is 6.71. The molecule has 0 bridgehead atoms. The summed E-state index contributed by atoms with van der Waals surface area (Å²) in [6, 6.07) is 1.58. The van der Waals surface area contributed by atoms with Crippen LogP contribution in [-0.4, -0.2) is 63.5 Å². The van der Waals surface area contributed by atoms with Gasteiger partial charge in [0, 0.05) is 45.1 Å². The normalized spacial score (nSPS) is 12.0. The van der Waals surface area contributed by atoms with Crippen molar-refractivity contribution in [2.75, 3.05) is 46.1 Å². The van der Waals surface area contributed by atoms with Gasteiger partial charge < -0.3 is 33.6 Å². The second-order valence-corrected chi connectivity index (χ2v) is 11.1. The summed E-state index contributed by atoms with van der Waals surface area (Å²) < 4.78 is 27.8. The van der Waals surface area contributed by atoms with Crippen LogP contribution in [0.4, 0.5) is 0 Å². The van der Waals surface area contributed by atoms with Gasteiger partial charge in [0.2, 0.25) is 0 Å². The summed E-state index contributed by atoms with van der Waals surface area (Å²) in [7, 11) is -4.29. The van der Waals surface area contributed by atoms with E-state index in [2.05, 4.69) is 6.55 Å². The smallest absolute Gasteiger partial charge is 0.395 e. The van der Waals surface area contributed by atoms with Gasteiger partial charge in [0.1, 0.15) is 0 Å². The molecular weight excluding hydrogens is 344 g/mol. The minimum Gasteiger partial charge on any atom is -0.395 e. The first kappa shape index (κ1) is 26.4. The van der Waals surface area contributed by atoms with E-state index < -0.39 is 17.4 Å². The van der Waals surface area contributed by atoms with Crippen LogP contribution in [0.15, 0.2) is 0 Å². The molecule has 0 aromatic rings. The molecule has 0 aromatic heterocycles. The Bertz CT molecular complexity index is 230. The Hall–Kier alpha value is 0.154. The summed E-state index contributed by atoms with van der Waals surface area (Å²) in [6.45, 7) is 16.4. The minimum absolute atomic E-state index is 0.548. The van der Waals surface area contributed by atoms with Gasteiger partial charge in [-0.25, -0.2) is 0 Å². The molecule has 7 nitrogen and oxygen atoms in total. The van der Waals surface area contributed by atoms with Gasteiger partial charge in [0.25, 0.3) is 0 Å². The summed E-state index contributed by atoms with van der Waals surface area (Å²) in [5.41, 5.74) is 11.0. The Balaban J connectivity index is 0. The summed E-state index contributed by atoms with van der Waals surface area (Å²) in [5.74, 6) is 0. The summed E-state index contributed by atoms with van der Waals surface area (Å²) in [6.07, 6.45) is 0. The molecule has 0 aliphatic rings. The third-order valence-electron chi connectivity index (χ3n) is 3.04. The lowest BCUT2D eigenvalue weighted by atomic mass is 10.8. The molecule has 0 unspecified atom stereocenters. The highest BCUT2D eigenvalue weighted by molar-refractivity contribution is 6.66. The van der Waals surface area contributed by atoms with Gasteiger partial charge in [-0.3, -0.25) is 0 Å². The van der Waals surface area contributed by atoms with Crippen molar-refractivity contribution in [1.82, 2.24) is 0 Å². The molecule has 0 aliphatic heterocycles. The molecule has 0 saturated heterocycles. The van der Waals surface area contributed by atoms with Crippen LogP contribution in [0.2, 0.25) is 18.6 Å². The van der Waals surface area contributed by atoms with E-state index in [0.29, 0.717) is 39.0 Å². The standard InChI is InChI=1S/C8H21NO3Si.C7H19NO2Si/c1-4-10-13(8-7-9,11-5-2)12-6-3;1-4-9-11(3,7-6-8)10-5-2/h4-9H2,1-3H3;4-8H2,1-3H3. The number of hydrogen-bond donors (Lipinski definition) is 2. The van der Waals surface area contributed by atoms with Gasteiger partial charge in [0.15, 0.2) is 0 Å². The zero-order chi connectivity index (χ0) is 18.9. The highest BCUT2D eigenvalue weighted by atomic mass is 28.4. The third-order valence-corrected chi connectivity index (χ3v) is 9.12. The monoisotopic (exact) mass is 384 g/mol. The van der Waals surface area contributed by atoms with Crippen molar-refractivity contribution in [2.24, 2.45) is 11.5 Å². The summed E-state index contributed by atoms with van der Waals surface area (Å²) in [5, 5.41) is 0. The summed E-state index contributed by atoms with van der Waals surface area (Å²) in [4.78, 5) is 0. The van der Waals surface area contributed by atoms with Crippen LogP contribution in [0.3, 0.4) is 0 Å². The van der Waals surface area contributed by atoms with Crippen LogP contribution in [0.1, 0.15) is 34.6 Å². The van der Waals surface area contributed by atoms with Gasteiger partial charge in [0.05, 0.1) is 0 Å². The van der Waals surface area contributed by atoms with Crippen molar-refractivity contribution in [3.8, 4) is 0 Å². The lowest BCUT2D eigenvalue weighted by Gasteiger charge is -2.27. The molecule has 0 rings (SSSR count).